The van der Waals surface area contributed by atoms with E-state index in [1.54, 1.807) is 6.33 Å². The van der Waals surface area contributed by atoms with E-state index in [0.717, 1.165) is 11.5 Å². The number of nitrogens with one attached hydrogen (secondary N) is 1. The molecule has 17 heavy (non-hydrogen) atoms. The first kappa shape index (κ1) is 11.8. The molecule has 0 aromatic carbocycles. The highest BCUT2D eigenvalue weighted by atomic mass is 16.4. The zero-order valence-electron chi connectivity index (χ0n) is 9.72. The lowest BCUT2D eigenvalue weighted by Gasteiger charge is -2.10. The fraction of sp³-hybridized carbons (Fsp3) is 0.583. The van der Waals surface area contributed by atoms with Gasteiger partial charge in [0.25, 0.3) is 0 Å². The van der Waals surface area contributed by atoms with Crippen LogP contribution in [0.5, 0.6) is 0 Å². The van der Waals surface area contributed by atoms with E-state index in [-0.39, 0.29) is 6.42 Å². The SMILES string of the molecule is O=C(O)CCNc1cc(C2CCCC2)ncn1. The fourth-order valence-corrected chi connectivity index (χ4v) is 2.21. The average Bonchev–Trinajstić information content (AvgIpc) is 2.82. The van der Waals surface area contributed by atoms with Crippen LogP contribution in [0.25, 0.3) is 0 Å². The topological polar surface area (TPSA) is 75.1 Å². The summed E-state index contributed by atoms with van der Waals surface area (Å²) in [6, 6.07) is 1.94. The number of nitrogens with zero attached hydrogens (tertiary/aromatic N) is 2. The summed E-state index contributed by atoms with van der Waals surface area (Å²) < 4.78 is 0. The molecule has 2 N–H and O–H groups in total. The molecule has 2 rings (SSSR count). The maximum Gasteiger partial charge on any atom is 0.305 e. The predicted molar refractivity (Wildman–Crippen MR) is 64.0 cm³/mol. The second-order valence-corrected chi connectivity index (χ2v) is 4.38. The summed E-state index contributed by atoms with van der Waals surface area (Å²) in [6.45, 7) is 0.399. The van der Waals surface area contributed by atoms with Crippen molar-refractivity contribution in [1.29, 1.82) is 0 Å². The van der Waals surface area contributed by atoms with Crippen molar-refractivity contribution in [2.75, 3.05) is 11.9 Å². The van der Waals surface area contributed by atoms with Crippen LogP contribution in [0.2, 0.25) is 0 Å². The summed E-state index contributed by atoms with van der Waals surface area (Å²) in [5.41, 5.74) is 1.08. The number of rotatable bonds is 5. The summed E-state index contributed by atoms with van der Waals surface area (Å²) in [6.07, 6.45) is 6.60. The summed E-state index contributed by atoms with van der Waals surface area (Å²) in [7, 11) is 0. The minimum atomic E-state index is -0.803. The molecule has 5 nitrogen and oxygen atoms in total. The molecular weight excluding hydrogens is 218 g/mol. The Bertz CT molecular complexity index is 389. The summed E-state index contributed by atoms with van der Waals surface area (Å²) in [5.74, 6) is 0.476. The van der Waals surface area contributed by atoms with E-state index in [0.29, 0.717) is 12.5 Å². The van der Waals surface area contributed by atoms with Gasteiger partial charge in [0.05, 0.1) is 6.42 Å². The van der Waals surface area contributed by atoms with E-state index in [1.807, 2.05) is 6.07 Å². The Morgan fingerprint density at radius 2 is 2.18 bits per heavy atom. The largest absolute Gasteiger partial charge is 0.481 e. The number of aromatic nitrogens is 2. The first-order valence-corrected chi connectivity index (χ1v) is 6.03. The minimum Gasteiger partial charge on any atom is -0.481 e. The number of carboxylic acid groups (broad SMARTS) is 1. The van der Waals surface area contributed by atoms with Crippen LogP contribution in [0.3, 0.4) is 0 Å². The molecular formula is C12H17N3O2. The lowest BCUT2D eigenvalue weighted by Crippen LogP contribution is -2.09. The van der Waals surface area contributed by atoms with Gasteiger partial charge in [-0.1, -0.05) is 12.8 Å². The number of hydrogen-bond acceptors (Lipinski definition) is 4. The van der Waals surface area contributed by atoms with Gasteiger partial charge in [0, 0.05) is 24.2 Å². The van der Waals surface area contributed by atoms with Crippen LogP contribution < -0.4 is 5.32 Å². The molecule has 0 unspecified atom stereocenters. The Morgan fingerprint density at radius 3 is 2.88 bits per heavy atom. The molecule has 1 aromatic heterocycles. The molecule has 92 valence electrons. The first-order chi connectivity index (χ1) is 8.25. The number of carboxylic acids is 1. The Labute approximate surface area is 100 Å². The Balaban J connectivity index is 1.93. The molecule has 1 aliphatic carbocycles. The minimum absolute atomic E-state index is 0.1000. The summed E-state index contributed by atoms with van der Waals surface area (Å²) >= 11 is 0. The molecule has 1 aromatic rings. The van der Waals surface area contributed by atoms with Gasteiger partial charge < -0.3 is 10.4 Å². The van der Waals surface area contributed by atoms with Crippen molar-refractivity contribution in [3.8, 4) is 0 Å². The highest BCUT2D eigenvalue weighted by molar-refractivity contribution is 5.67. The van der Waals surface area contributed by atoms with Crippen molar-refractivity contribution >= 4 is 11.8 Å². The van der Waals surface area contributed by atoms with Gasteiger partial charge >= 0.3 is 5.97 Å². The Kier molecular flexibility index (Phi) is 3.90. The quantitative estimate of drug-likeness (QED) is 0.816. The molecule has 0 saturated heterocycles. The average molecular weight is 235 g/mol. The number of aliphatic carboxylic acids is 1. The predicted octanol–water partition coefficient (Wildman–Crippen LogP) is 2.02. The lowest BCUT2D eigenvalue weighted by atomic mass is 10.0. The van der Waals surface area contributed by atoms with Crippen LogP contribution in [-0.2, 0) is 4.79 Å². The van der Waals surface area contributed by atoms with Crippen LogP contribution >= 0.6 is 0 Å². The van der Waals surface area contributed by atoms with Crippen LogP contribution in [-0.4, -0.2) is 27.6 Å². The van der Waals surface area contributed by atoms with Gasteiger partial charge in [0.1, 0.15) is 12.1 Å². The van der Waals surface area contributed by atoms with Gasteiger partial charge in [-0.3, -0.25) is 4.79 Å². The molecule has 1 heterocycles. The fourth-order valence-electron chi connectivity index (χ4n) is 2.21. The van der Waals surface area contributed by atoms with Gasteiger partial charge in [-0.2, -0.15) is 0 Å². The number of carbonyl (C=O) groups is 1. The van der Waals surface area contributed by atoms with E-state index < -0.39 is 5.97 Å². The highest BCUT2D eigenvalue weighted by Gasteiger charge is 2.18. The molecule has 0 aliphatic heterocycles. The van der Waals surface area contributed by atoms with Crippen molar-refractivity contribution in [3.05, 3.63) is 18.1 Å². The van der Waals surface area contributed by atoms with E-state index in [1.165, 1.54) is 25.7 Å². The maximum absolute atomic E-state index is 10.4. The van der Waals surface area contributed by atoms with Crippen molar-refractivity contribution in [1.82, 2.24) is 9.97 Å². The third-order valence-electron chi connectivity index (χ3n) is 3.11. The highest BCUT2D eigenvalue weighted by Crippen LogP contribution is 2.33. The van der Waals surface area contributed by atoms with Gasteiger partial charge in [-0.15, -0.1) is 0 Å². The molecule has 0 spiro atoms. The summed E-state index contributed by atoms with van der Waals surface area (Å²) in [4.78, 5) is 18.8. The van der Waals surface area contributed by atoms with Crippen molar-refractivity contribution < 1.29 is 9.90 Å². The Hall–Kier alpha value is -1.65. The van der Waals surface area contributed by atoms with Crippen LogP contribution in [0.1, 0.15) is 43.7 Å². The molecule has 0 amide bonds. The van der Waals surface area contributed by atoms with E-state index in [2.05, 4.69) is 15.3 Å². The zero-order chi connectivity index (χ0) is 12.1. The lowest BCUT2D eigenvalue weighted by molar-refractivity contribution is -0.136. The molecule has 0 bridgehead atoms. The van der Waals surface area contributed by atoms with E-state index in [9.17, 15) is 4.79 Å². The molecule has 0 atom stereocenters. The third kappa shape index (κ3) is 3.41. The first-order valence-electron chi connectivity index (χ1n) is 6.03. The van der Waals surface area contributed by atoms with Crippen LogP contribution in [0.15, 0.2) is 12.4 Å². The van der Waals surface area contributed by atoms with E-state index >= 15 is 0 Å². The summed E-state index contributed by atoms with van der Waals surface area (Å²) in [5, 5.41) is 11.6. The third-order valence-corrected chi connectivity index (χ3v) is 3.11. The maximum atomic E-state index is 10.4. The second kappa shape index (κ2) is 5.61. The van der Waals surface area contributed by atoms with Crippen LogP contribution in [0, 0.1) is 0 Å². The Morgan fingerprint density at radius 1 is 1.41 bits per heavy atom. The van der Waals surface area contributed by atoms with Crippen molar-refractivity contribution in [2.45, 2.75) is 38.0 Å². The van der Waals surface area contributed by atoms with Gasteiger partial charge in [0.15, 0.2) is 0 Å². The van der Waals surface area contributed by atoms with Gasteiger partial charge in [0.2, 0.25) is 0 Å². The van der Waals surface area contributed by atoms with Gasteiger partial charge in [-0.05, 0) is 12.8 Å². The molecule has 1 aliphatic rings. The van der Waals surface area contributed by atoms with Crippen molar-refractivity contribution in [2.24, 2.45) is 0 Å². The zero-order valence-corrected chi connectivity index (χ0v) is 9.72. The molecule has 0 radical (unpaired) electrons. The standard InChI is InChI=1S/C12H17N3O2/c16-12(17)5-6-13-11-7-10(14-8-15-11)9-3-1-2-4-9/h7-9H,1-6H2,(H,16,17)(H,13,14,15). The second-order valence-electron chi connectivity index (χ2n) is 4.38. The monoisotopic (exact) mass is 235 g/mol. The molecule has 1 fully saturated rings. The van der Waals surface area contributed by atoms with Crippen molar-refractivity contribution in [3.63, 3.8) is 0 Å². The molecule has 1 saturated carbocycles. The normalized spacial score (nSPS) is 16.0. The smallest absolute Gasteiger partial charge is 0.305 e. The number of anilines is 1. The molecule has 5 heteroatoms. The van der Waals surface area contributed by atoms with Gasteiger partial charge in [-0.25, -0.2) is 9.97 Å². The number of hydrogen-bond donors (Lipinski definition) is 2. The van der Waals surface area contributed by atoms with Crippen LogP contribution in [0.4, 0.5) is 5.82 Å². The van der Waals surface area contributed by atoms with E-state index in [4.69, 9.17) is 5.11 Å².